The van der Waals surface area contributed by atoms with Crippen LogP contribution in [0.15, 0.2) is 36.5 Å². The average molecular weight is 355 g/mol. The summed E-state index contributed by atoms with van der Waals surface area (Å²) in [4.78, 5) is 8.80. The van der Waals surface area contributed by atoms with Gasteiger partial charge in [0.15, 0.2) is 17.5 Å². The lowest BCUT2D eigenvalue weighted by Gasteiger charge is -2.07. The van der Waals surface area contributed by atoms with Gasteiger partial charge in [0.25, 0.3) is 0 Å². The molecule has 0 spiro atoms. The van der Waals surface area contributed by atoms with Gasteiger partial charge in [0, 0.05) is 26.1 Å². The zero-order chi connectivity index (χ0) is 17.2. The molecule has 2 aromatic heterocycles. The number of benzene rings is 1. The highest BCUT2D eigenvalue weighted by Crippen LogP contribution is 2.39. The Morgan fingerprint density at radius 2 is 2.12 bits per heavy atom. The van der Waals surface area contributed by atoms with Crippen LogP contribution >= 0.6 is 11.6 Å². The molecule has 128 valence electrons. The predicted octanol–water partition coefficient (Wildman–Crippen LogP) is 4.70. The molecule has 1 aliphatic carbocycles. The summed E-state index contributed by atoms with van der Waals surface area (Å²) in [5, 5.41) is 19.6. The third-order valence-electron chi connectivity index (χ3n) is 4.10. The second kappa shape index (κ2) is 6.54. The van der Waals surface area contributed by atoms with E-state index in [9.17, 15) is 0 Å². The number of aromatic nitrogens is 4. The molecular formula is C18H19ClN6. The van der Waals surface area contributed by atoms with Gasteiger partial charge in [-0.1, -0.05) is 35.9 Å². The number of nitriles is 1. The van der Waals surface area contributed by atoms with Crippen LogP contribution in [0.25, 0.3) is 11.4 Å². The number of aromatic amines is 1. The first-order valence-corrected chi connectivity index (χ1v) is 8.42. The van der Waals surface area contributed by atoms with Gasteiger partial charge in [-0.25, -0.2) is 9.97 Å². The molecule has 0 saturated heterocycles. The molecule has 0 amide bonds. The van der Waals surface area contributed by atoms with Crippen LogP contribution in [0.1, 0.15) is 32.9 Å². The van der Waals surface area contributed by atoms with Crippen LogP contribution in [-0.2, 0) is 6.42 Å². The molecule has 1 saturated carbocycles. The fraction of sp³-hybridized carbons (Fsp3) is 0.222. The SMILES string of the molecule is N#CCc1ccc(-c2ncc(Cl)c(Nc3cc(C4CC4)[nH]n3)n2)cc1.[HH].[HH]. The van der Waals surface area contributed by atoms with Crippen LogP contribution in [0.3, 0.4) is 0 Å². The first kappa shape index (κ1) is 15.6. The monoisotopic (exact) mass is 354 g/mol. The molecule has 6 nitrogen and oxygen atoms in total. The van der Waals surface area contributed by atoms with E-state index in [-0.39, 0.29) is 2.85 Å². The maximum atomic E-state index is 8.75. The minimum atomic E-state index is 0. The Bertz CT molecular complexity index is 947. The maximum Gasteiger partial charge on any atom is 0.161 e. The summed E-state index contributed by atoms with van der Waals surface area (Å²) < 4.78 is 0. The van der Waals surface area contributed by atoms with Gasteiger partial charge < -0.3 is 5.32 Å². The van der Waals surface area contributed by atoms with Gasteiger partial charge in [0.2, 0.25) is 0 Å². The normalized spacial score (nSPS) is 13.4. The molecule has 0 atom stereocenters. The highest BCUT2D eigenvalue weighted by molar-refractivity contribution is 6.32. The molecule has 1 aliphatic rings. The smallest absolute Gasteiger partial charge is 0.161 e. The summed E-state index contributed by atoms with van der Waals surface area (Å²) in [6.07, 6.45) is 4.38. The van der Waals surface area contributed by atoms with E-state index in [2.05, 4.69) is 31.6 Å². The molecule has 1 fully saturated rings. The van der Waals surface area contributed by atoms with E-state index < -0.39 is 0 Å². The quantitative estimate of drug-likeness (QED) is 0.693. The zero-order valence-corrected chi connectivity index (χ0v) is 14.1. The Kier molecular flexibility index (Phi) is 4.08. The molecule has 0 bridgehead atoms. The van der Waals surface area contributed by atoms with Gasteiger partial charge in [0.05, 0.1) is 18.7 Å². The van der Waals surface area contributed by atoms with Crippen molar-refractivity contribution in [3.05, 3.63) is 52.8 Å². The summed E-state index contributed by atoms with van der Waals surface area (Å²) in [5.74, 6) is 2.37. The Balaban J connectivity index is 0.00000131. The lowest BCUT2D eigenvalue weighted by molar-refractivity contribution is 0.966. The minimum absolute atomic E-state index is 0. The van der Waals surface area contributed by atoms with Gasteiger partial charge in [-0.05, 0) is 18.4 Å². The molecular weight excluding hydrogens is 336 g/mol. The van der Waals surface area contributed by atoms with E-state index in [4.69, 9.17) is 16.9 Å². The number of halogens is 1. The Labute approximate surface area is 152 Å². The van der Waals surface area contributed by atoms with Gasteiger partial charge in [0.1, 0.15) is 5.02 Å². The van der Waals surface area contributed by atoms with Crippen molar-refractivity contribution < 1.29 is 2.85 Å². The first-order chi connectivity index (χ1) is 12.2. The lowest BCUT2D eigenvalue weighted by atomic mass is 10.1. The molecule has 1 aromatic carbocycles. The summed E-state index contributed by atoms with van der Waals surface area (Å²) in [6, 6.07) is 11.7. The number of hydrogen-bond donors (Lipinski definition) is 2. The van der Waals surface area contributed by atoms with Crippen molar-refractivity contribution in [1.29, 1.82) is 5.26 Å². The van der Waals surface area contributed by atoms with Gasteiger partial charge in [-0.3, -0.25) is 5.10 Å². The summed E-state index contributed by atoms with van der Waals surface area (Å²) in [7, 11) is 0. The molecule has 4 rings (SSSR count). The molecule has 0 aliphatic heterocycles. The van der Waals surface area contributed by atoms with E-state index >= 15 is 0 Å². The van der Waals surface area contributed by atoms with E-state index in [1.165, 1.54) is 12.8 Å². The van der Waals surface area contributed by atoms with Crippen LogP contribution in [0.4, 0.5) is 11.6 Å². The van der Waals surface area contributed by atoms with Crippen molar-refractivity contribution in [2.45, 2.75) is 25.2 Å². The van der Waals surface area contributed by atoms with Crippen LogP contribution < -0.4 is 5.32 Å². The molecule has 2 heterocycles. The topological polar surface area (TPSA) is 90.3 Å². The van der Waals surface area contributed by atoms with E-state index in [0.29, 0.717) is 34.8 Å². The minimum Gasteiger partial charge on any atom is -0.322 e. The maximum absolute atomic E-state index is 8.75. The zero-order valence-electron chi connectivity index (χ0n) is 13.3. The largest absolute Gasteiger partial charge is 0.322 e. The summed E-state index contributed by atoms with van der Waals surface area (Å²) >= 11 is 6.22. The molecule has 7 heteroatoms. The van der Waals surface area contributed by atoms with Crippen molar-refractivity contribution in [2.24, 2.45) is 0 Å². The van der Waals surface area contributed by atoms with Gasteiger partial charge in [-0.2, -0.15) is 10.4 Å². The second-order valence-corrected chi connectivity index (χ2v) is 6.44. The van der Waals surface area contributed by atoms with Crippen molar-refractivity contribution in [3.63, 3.8) is 0 Å². The summed E-state index contributed by atoms with van der Waals surface area (Å²) in [5.41, 5.74) is 2.96. The van der Waals surface area contributed by atoms with E-state index in [0.717, 1.165) is 16.8 Å². The third-order valence-corrected chi connectivity index (χ3v) is 4.38. The number of nitrogens with zero attached hydrogens (tertiary/aromatic N) is 4. The third kappa shape index (κ3) is 3.47. The fourth-order valence-corrected chi connectivity index (χ4v) is 2.72. The average Bonchev–Trinajstić information content (AvgIpc) is 3.37. The molecule has 0 radical (unpaired) electrons. The molecule has 3 aromatic rings. The van der Waals surface area contributed by atoms with Crippen molar-refractivity contribution >= 4 is 23.2 Å². The number of rotatable bonds is 5. The number of hydrogen-bond acceptors (Lipinski definition) is 5. The van der Waals surface area contributed by atoms with Gasteiger partial charge in [-0.15, -0.1) is 0 Å². The van der Waals surface area contributed by atoms with Crippen molar-refractivity contribution in [2.75, 3.05) is 5.32 Å². The number of anilines is 2. The second-order valence-electron chi connectivity index (χ2n) is 6.03. The Morgan fingerprint density at radius 3 is 2.84 bits per heavy atom. The predicted molar refractivity (Wildman–Crippen MR) is 99.9 cm³/mol. The Morgan fingerprint density at radius 1 is 1.32 bits per heavy atom. The lowest BCUT2D eigenvalue weighted by Crippen LogP contribution is -1.98. The van der Waals surface area contributed by atoms with Crippen LogP contribution in [0.2, 0.25) is 5.02 Å². The molecule has 2 N–H and O–H groups in total. The van der Waals surface area contributed by atoms with E-state index in [1.807, 2.05) is 30.3 Å². The van der Waals surface area contributed by atoms with Crippen LogP contribution in [-0.4, -0.2) is 20.2 Å². The first-order valence-electron chi connectivity index (χ1n) is 8.04. The highest BCUT2D eigenvalue weighted by atomic mass is 35.5. The van der Waals surface area contributed by atoms with Crippen LogP contribution in [0, 0.1) is 11.3 Å². The van der Waals surface area contributed by atoms with Crippen molar-refractivity contribution in [1.82, 2.24) is 20.2 Å². The summed E-state index contributed by atoms with van der Waals surface area (Å²) in [6.45, 7) is 0. The van der Waals surface area contributed by atoms with Crippen LogP contribution in [0.5, 0.6) is 0 Å². The van der Waals surface area contributed by atoms with Crippen molar-refractivity contribution in [3.8, 4) is 17.5 Å². The molecule has 25 heavy (non-hydrogen) atoms. The number of H-pyrrole nitrogens is 1. The molecule has 0 unspecified atom stereocenters. The Hall–Kier alpha value is -2.91. The fourth-order valence-electron chi connectivity index (χ4n) is 2.58. The number of nitrogens with one attached hydrogen (secondary N) is 2. The highest BCUT2D eigenvalue weighted by Gasteiger charge is 2.25. The van der Waals surface area contributed by atoms with E-state index in [1.54, 1.807) is 6.20 Å². The standard InChI is InChI=1S/C18H15ClN6.2H2/c19-14-10-21-17(13-3-1-11(2-4-13)7-8-20)23-18(14)22-16-9-15(24-25-16)12-5-6-12;;/h1-4,9-10,12H,5-7H2,(H2,21,22,23,24,25);2*1H. The van der Waals surface area contributed by atoms with Gasteiger partial charge >= 0.3 is 0 Å².